The van der Waals surface area contributed by atoms with Gasteiger partial charge in [0.25, 0.3) is 0 Å². The van der Waals surface area contributed by atoms with Gasteiger partial charge >= 0.3 is 5.97 Å². The van der Waals surface area contributed by atoms with E-state index in [-0.39, 0.29) is 6.54 Å². The van der Waals surface area contributed by atoms with Gasteiger partial charge in [-0.1, -0.05) is 0 Å². The number of carboxylic acids is 1. The first-order chi connectivity index (χ1) is 7.36. The zero-order chi connectivity index (χ0) is 13.9. The van der Waals surface area contributed by atoms with Gasteiger partial charge in [-0.2, -0.15) is 0 Å². The van der Waals surface area contributed by atoms with Crippen molar-refractivity contribution in [3.63, 3.8) is 0 Å². The quantitative estimate of drug-likeness (QED) is 0.603. The van der Waals surface area contributed by atoms with E-state index in [4.69, 9.17) is 5.11 Å². The molecule has 0 bridgehead atoms. The lowest BCUT2D eigenvalue weighted by molar-refractivity contribution is -0.146. The Bertz CT molecular complexity index is 374. The van der Waals surface area contributed by atoms with Gasteiger partial charge in [0, 0.05) is 18.6 Å². The second-order valence-electron chi connectivity index (χ2n) is 5.55. The molecule has 0 aliphatic carbocycles. The highest BCUT2D eigenvalue weighted by Crippen LogP contribution is 2.13. The van der Waals surface area contributed by atoms with Crippen molar-refractivity contribution in [1.82, 2.24) is 10.0 Å². The zero-order valence-electron chi connectivity index (χ0n) is 11.0. The molecule has 6 nitrogen and oxygen atoms in total. The Hall–Kier alpha value is -0.660. The number of sulfonamides is 1. The summed E-state index contributed by atoms with van der Waals surface area (Å²) in [5.74, 6) is -0.890. The van der Waals surface area contributed by atoms with Crippen LogP contribution in [0.25, 0.3) is 0 Å². The number of nitrogens with one attached hydrogen (secondary N) is 2. The molecule has 0 radical (unpaired) electrons. The molecule has 7 heteroatoms. The molecule has 0 spiro atoms. The van der Waals surface area contributed by atoms with E-state index in [9.17, 15) is 13.2 Å². The maximum Gasteiger partial charge on any atom is 0.310 e. The van der Waals surface area contributed by atoms with Crippen molar-refractivity contribution in [2.75, 3.05) is 19.3 Å². The van der Waals surface area contributed by atoms with Crippen molar-refractivity contribution < 1.29 is 18.3 Å². The van der Waals surface area contributed by atoms with Crippen molar-refractivity contribution in [3.8, 4) is 0 Å². The molecule has 102 valence electrons. The van der Waals surface area contributed by atoms with Crippen LogP contribution in [0.3, 0.4) is 0 Å². The lowest BCUT2D eigenvalue weighted by Crippen LogP contribution is -2.51. The summed E-state index contributed by atoms with van der Waals surface area (Å²) in [6, 6.07) is 0. The lowest BCUT2D eigenvalue weighted by Gasteiger charge is -2.27. The molecule has 0 rings (SSSR count). The topological polar surface area (TPSA) is 95.5 Å². The molecule has 0 aromatic rings. The molecular formula is C10H22N2O4S. The third-order valence-electron chi connectivity index (χ3n) is 2.17. The molecule has 0 saturated carbocycles. The first-order valence-electron chi connectivity index (χ1n) is 5.29. The van der Waals surface area contributed by atoms with E-state index in [0.29, 0.717) is 6.54 Å². The molecule has 0 fully saturated rings. The number of carbonyl (C=O) groups is 1. The van der Waals surface area contributed by atoms with Crippen molar-refractivity contribution in [1.29, 1.82) is 0 Å². The maximum atomic E-state index is 11.1. The van der Waals surface area contributed by atoms with E-state index in [0.717, 1.165) is 6.26 Å². The van der Waals surface area contributed by atoms with Crippen LogP contribution in [0.5, 0.6) is 0 Å². The normalized spacial score (nSPS) is 13.7. The SMILES string of the molecule is CC(C)(CNCC(C)(C)C(=O)O)NS(C)(=O)=O. The van der Waals surface area contributed by atoms with Gasteiger partial charge < -0.3 is 10.4 Å². The molecule has 0 atom stereocenters. The summed E-state index contributed by atoms with van der Waals surface area (Å²) in [5, 5.41) is 11.9. The number of rotatable bonds is 7. The van der Waals surface area contributed by atoms with Gasteiger partial charge in [0.1, 0.15) is 0 Å². The average Bonchev–Trinajstić information content (AvgIpc) is 1.97. The number of aliphatic carboxylic acids is 1. The monoisotopic (exact) mass is 266 g/mol. The Morgan fingerprint density at radius 1 is 1.18 bits per heavy atom. The molecule has 0 saturated heterocycles. The summed E-state index contributed by atoms with van der Waals surface area (Å²) in [5.41, 5.74) is -1.52. The molecule has 0 amide bonds. The highest BCUT2D eigenvalue weighted by Gasteiger charge is 2.28. The molecule has 3 N–H and O–H groups in total. The van der Waals surface area contributed by atoms with Crippen LogP contribution in [0.1, 0.15) is 27.7 Å². The number of hydrogen-bond acceptors (Lipinski definition) is 4. The summed E-state index contributed by atoms with van der Waals surface area (Å²) in [6.45, 7) is 7.32. The summed E-state index contributed by atoms with van der Waals surface area (Å²) >= 11 is 0. The van der Waals surface area contributed by atoms with Crippen LogP contribution in [0.2, 0.25) is 0 Å². The summed E-state index contributed by atoms with van der Waals surface area (Å²) in [7, 11) is -3.27. The van der Waals surface area contributed by atoms with Gasteiger partial charge in [0.15, 0.2) is 0 Å². The predicted molar refractivity (Wildman–Crippen MR) is 66.3 cm³/mol. The Morgan fingerprint density at radius 3 is 2.00 bits per heavy atom. The van der Waals surface area contributed by atoms with Crippen LogP contribution < -0.4 is 10.0 Å². The zero-order valence-corrected chi connectivity index (χ0v) is 11.8. The van der Waals surface area contributed by atoms with Crippen LogP contribution in [0.15, 0.2) is 0 Å². The van der Waals surface area contributed by atoms with Gasteiger partial charge in [-0.3, -0.25) is 4.79 Å². The molecule has 0 aromatic heterocycles. The second-order valence-corrected chi connectivity index (χ2v) is 7.30. The third kappa shape index (κ3) is 7.30. The third-order valence-corrected chi connectivity index (χ3v) is 3.10. The smallest absolute Gasteiger partial charge is 0.310 e. The van der Waals surface area contributed by atoms with Crippen LogP contribution in [-0.2, 0) is 14.8 Å². The van der Waals surface area contributed by atoms with E-state index < -0.39 is 26.9 Å². The summed E-state index contributed by atoms with van der Waals surface area (Å²) in [4.78, 5) is 10.9. The summed E-state index contributed by atoms with van der Waals surface area (Å²) in [6.07, 6.45) is 1.09. The van der Waals surface area contributed by atoms with Gasteiger partial charge in [-0.15, -0.1) is 0 Å². The average molecular weight is 266 g/mol. The van der Waals surface area contributed by atoms with Crippen LogP contribution >= 0.6 is 0 Å². The van der Waals surface area contributed by atoms with Gasteiger partial charge in [-0.25, -0.2) is 13.1 Å². The lowest BCUT2D eigenvalue weighted by atomic mass is 9.93. The second kappa shape index (κ2) is 5.32. The van der Waals surface area contributed by atoms with Gasteiger partial charge in [0.2, 0.25) is 10.0 Å². The molecule has 0 aromatic carbocycles. The molecule has 0 heterocycles. The van der Waals surface area contributed by atoms with Crippen LogP contribution in [-0.4, -0.2) is 44.4 Å². The van der Waals surface area contributed by atoms with Crippen molar-refractivity contribution >= 4 is 16.0 Å². The van der Waals surface area contributed by atoms with E-state index in [2.05, 4.69) is 10.0 Å². The van der Waals surface area contributed by atoms with E-state index in [1.807, 2.05) is 0 Å². The minimum atomic E-state index is -3.27. The van der Waals surface area contributed by atoms with Crippen molar-refractivity contribution in [2.24, 2.45) is 5.41 Å². The molecule has 0 unspecified atom stereocenters. The first kappa shape index (κ1) is 16.3. The van der Waals surface area contributed by atoms with Crippen LogP contribution in [0, 0.1) is 5.41 Å². The molecular weight excluding hydrogens is 244 g/mol. The van der Waals surface area contributed by atoms with Crippen LogP contribution in [0.4, 0.5) is 0 Å². The van der Waals surface area contributed by atoms with E-state index in [1.54, 1.807) is 27.7 Å². The summed E-state index contributed by atoms with van der Waals surface area (Å²) < 4.78 is 24.6. The number of hydrogen-bond donors (Lipinski definition) is 3. The van der Waals surface area contributed by atoms with Crippen molar-refractivity contribution in [3.05, 3.63) is 0 Å². The minimum absolute atomic E-state index is 0.275. The Balaban J connectivity index is 4.26. The van der Waals surface area contributed by atoms with Crippen molar-refractivity contribution in [2.45, 2.75) is 33.2 Å². The highest BCUT2D eigenvalue weighted by atomic mass is 32.2. The first-order valence-corrected chi connectivity index (χ1v) is 7.18. The highest BCUT2D eigenvalue weighted by molar-refractivity contribution is 7.88. The minimum Gasteiger partial charge on any atom is -0.481 e. The Morgan fingerprint density at radius 2 is 1.65 bits per heavy atom. The molecule has 0 aliphatic heterocycles. The molecule has 17 heavy (non-hydrogen) atoms. The predicted octanol–water partition coefficient (Wildman–Crippen LogP) is 0.0146. The van der Waals surface area contributed by atoms with E-state index >= 15 is 0 Å². The fraction of sp³-hybridized carbons (Fsp3) is 0.900. The fourth-order valence-electron chi connectivity index (χ4n) is 1.30. The van der Waals surface area contributed by atoms with Gasteiger partial charge in [0.05, 0.1) is 11.7 Å². The van der Waals surface area contributed by atoms with E-state index in [1.165, 1.54) is 0 Å². The Labute approximate surface area is 103 Å². The fourth-order valence-corrected chi connectivity index (χ4v) is 2.38. The Kier molecular flexibility index (Phi) is 5.12. The molecule has 0 aliphatic rings. The number of carboxylic acid groups (broad SMARTS) is 1. The standard InChI is InChI=1S/C10H22N2O4S/c1-9(2,8(13)14)6-11-7-10(3,4)12-17(5,15)16/h11-12H,6-7H2,1-5H3,(H,13,14). The maximum absolute atomic E-state index is 11.1. The van der Waals surface area contributed by atoms with Gasteiger partial charge in [-0.05, 0) is 27.7 Å². The largest absolute Gasteiger partial charge is 0.481 e.